The quantitative estimate of drug-likeness (QED) is 0.609. The number of benzene rings is 1. The van der Waals surface area contributed by atoms with Crippen molar-refractivity contribution in [2.45, 2.75) is 33.4 Å². The molecule has 0 saturated heterocycles. The normalized spacial score (nSPS) is 12.2. The summed E-state index contributed by atoms with van der Waals surface area (Å²) in [5.74, 6) is 0.295. The molecule has 22 heavy (non-hydrogen) atoms. The number of hydrogen-bond acceptors (Lipinski definition) is 5. The van der Waals surface area contributed by atoms with E-state index in [1.165, 1.54) is 0 Å². The van der Waals surface area contributed by atoms with Gasteiger partial charge in [0.15, 0.2) is 11.5 Å². The van der Waals surface area contributed by atoms with Crippen LogP contribution in [0.2, 0.25) is 0 Å². The fourth-order valence-electron chi connectivity index (χ4n) is 2.04. The predicted octanol–water partition coefficient (Wildman–Crippen LogP) is 1.66. The van der Waals surface area contributed by atoms with Crippen LogP contribution >= 0.6 is 0 Å². The van der Waals surface area contributed by atoms with Crippen molar-refractivity contribution >= 4 is 5.97 Å². The lowest BCUT2D eigenvalue weighted by molar-refractivity contribution is -0.140. The first-order chi connectivity index (χ1) is 10.5. The lowest BCUT2D eigenvalue weighted by atomic mass is 10.0. The molecule has 0 fully saturated rings. The molecule has 1 atom stereocenters. The van der Waals surface area contributed by atoms with Gasteiger partial charge in [-0.25, -0.2) is 0 Å². The summed E-state index contributed by atoms with van der Waals surface area (Å²) < 4.78 is 10.9. The molecule has 0 aliphatic heterocycles. The summed E-state index contributed by atoms with van der Waals surface area (Å²) in [6.07, 6.45) is 0. The Labute approximate surface area is 131 Å². The Morgan fingerprint density at radius 1 is 1.27 bits per heavy atom. The third kappa shape index (κ3) is 5.54. The molecule has 124 valence electrons. The molecule has 1 unspecified atom stereocenters. The van der Waals surface area contributed by atoms with Crippen LogP contribution in [0.3, 0.4) is 0 Å². The van der Waals surface area contributed by atoms with Gasteiger partial charge in [0.1, 0.15) is 12.6 Å². The summed E-state index contributed by atoms with van der Waals surface area (Å²) in [6, 6.07) is 4.84. The van der Waals surface area contributed by atoms with Crippen molar-refractivity contribution in [2.75, 3.05) is 19.8 Å². The van der Waals surface area contributed by atoms with E-state index in [-0.39, 0.29) is 19.1 Å². The van der Waals surface area contributed by atoms with Crippen molar-refractivity contribution in [1.82, 2.24) is 5.32 Å². The van der Waals surface area contributed by atoms with Crippen LogP contribution in [-0.4, -0.2) is 42.0 Å². The van der Waals surface area contributed by atoms with Gasteiger partial charge in [0.05, 0.1) is 13.2 Å². The molecule has 0 heterocycles. The van der Waals surface area contributed by atoms with Crippen molar-refractivity contribution in [3.63, 3.8) is 0 Å². The number of carboxylic acid groups (broad SMARTS) is 1. The third-order valence-electron chi connectivity index (χ3n) is 3.12. The SMILES string of the molecule is CCOc1cc(CNC(C(=O)O)C(C)C)ccc1OCCO. The zero-order chi connectivity index (χ0) is 16.5. The molecule has 0 radical (unpaired) electrons. The zero-order valence-electron chi connectivity index (χ0n) is 13.3. The molecule has 1 aromatic carbocycles. The zero-order valence-corrected chi connectivity index (χ0v) is 13.3. The van der Waals surface area contributed by atoms with E-state index in [1.807, 2.05) is 32.9 Å². The van der Waals surface area contributed by atoms with Crippen LogP contribution < -0.4 is 14.8 Å². The molecule has 0 amide bonds. The number of ether oxygens (including phenoxy) is 2. The summed E-state index contributed by atoms with van der Waals surface area (Å²) in [5.41, 5.74) is 0.909. The smallest absolute Gasteiger partial charge is 0.320 e. The number of aliphatic carboxylic acids is 1. The van der Waals surface area contributed by atoms with Crippen molar-refractivity contribution in [3.8, 4) is 11.5 Å². The van der Waals surface area contributed by atoms with E-state index in [2.05, 4.69) is 5.32 Å². The molecule has 3 N–H and O–H groups in total. The summed E-state index contributed by atoms with van der Waals surface area (Å²) in [5, 5.41) is 21.0. The minimum atomic E-state index is -0.858. The highest BCUT2D eigenvalue weighted by Crippen LogP contribution is 2.28. The van der Waals surface area contributed by atoms with Gasteiger partial charge in [-0.15, -0.1) is 0 Å². The van der Waals surface area contributed by atoms with Crippen LogP contribution in [0.1, 0.15) is 26.3 Å². The van der Waals surface area contributed by atoms with Gasteiger partial charge < -0.3 is 25.0 Å². The van der Waals surface area contributed by atoms with E-state index >= 15 is 0 Å². The summed E-state index contributed by atoms with van der Waals surface area (Å²) in [4.78, 5) is 11.2. The van der Waals surface area contributed by atoms with Crippen LogP contribution in [0.15, 0.2) is 18.2 Å². The second-order valence-electron chi connectivity index (χ2n) is 5.23. The van der Waals surface area contributed by atoms with Crippen LogP contribution in [-0.2, 0) is 11.3 Å². The third-order valence-corrected chi connectivity index (χ3v) is 3.12. The Kier molecular flexibility index (Phi) is 7.70. The maximum Gasteiger partial charge on any atom is 0.320 e. The van der Waals surface area contributed by atoms with Gasteiger partial charge >= 0.3 is 5.97 Å². The second-order valence-corrected chi connectivity index (χ2v) is 5.23. The summed E-state index contributed by atoms with van der Waals surface area (Å²) >= 11 is 0. The van der Waals surface area contributed by atoms with E-state index < -0.39 is 12.0 Å². The maximum atomic E-state index is 11.2. The second kappa shape index (κ2) is 9.27. The van der Waals surface area contributed by atoms with E-state index in [0.717, 1.165) is 5.56 Å². The maximum absolute atomic E-state index is 11.2. The van der Waals surface area contributed by atoms with Gasteiger partial charge in [0, 0.05) is 6.54 Å². The molecule has 0 saturated carbocycles. The Morgan fingerprint density at radius 2 is 2.00 bits per heavy atom. The Balaban J connectivity index is 2.78. The van der Waals surface area contributed by atoms with Crippen LogP contribution in [0.4, 0.5) is 0 Å². The summed E-state index contributed by atoms with van der Waals surface area (Å²) in [6.45, 7) is 6.66. The lowest BCUT2D eigenvalue weighted by Crippen LogP contribution is -2.40. The summed E-state index contributed by atoms with van der Waals surface area (Å²) in [7, 11) is 0. The van der Waals surface area contributed by atoms with Gasteiger partial charge in [-0.2, -0.15) is 0 Å². The Bertz CT molecular complexity index is 476. The first kappa shape index (κ1) is 18.3. The van der Waals surface area contributed by atoms with E-state index in [1.54, 1.807) is 6.07 Å². The molecule has 0 spiro atoms. The predicted molar refractivity (Wildman–Crippen MR) is 83.3 cm³/mol. The topological polar surface area (TPSA) is 88.0 Å². The van der Waals surface area contributed by atoms with Crippen molar-refractivity contribution in [1.29, 1.82) is 0 Å². The van der Waals surface area contributed by atoms with E-state index in [0.29, 0.717) is 24.7 Å². The number of rotatable bonds is 10. The van der Waals surface area contributed by atoms with Crippen molar-refractivity contribution in [3.05, 3.63) is 23.8 Å². The molecule has 1 aromatic rings. The fourth-order valence-corrected chi connectivity index (χ4v) is 2.04. The molecular weight excluding hydrogens is 286 g/mol. The van der Waals surface area contributed by atoms with Crippen molar-refractivity contribution in [2.24, 2.45) is 5.92 Å². The molecule has 6 nitrogen and oxygen atoms in total. The number of carbonyl (C=O) groups is 1. The van der Waals surface area contributed by atoms with Gasteiger partial charge in [-0.05, 0) is 30.5 Å². The fraction of sp³-hybridized carbons (Fsp3) is 0.562. The molecule has 0 aromatic heterocycles. The molecule has 6 heteroatoms. The molecule has 1 rings (SSSR count). The molecule has 0 aliphatic rings. The Hall–Kier alpha value is -1.79. The average molecular weight is 311 g/mol. The van der Waals surface area contributed by atoms with E-state index in [4.69, 9.17) is 14.6 Å². The number of carboxylic acids is 1. The van der Waals surface area contributed by atoms with Gasteiger partial charge in [-0.1, -0.05) is 19.9 Å². The molecular formula is C16H25NO5. The molecule has 0 aliphatic carbocycles. The first-order valence-electron chi connectivity index (χ1n) is 7.45. The highest BCUT2D eigenvalue weighted by atomic mass is 16.5. The van der Waals surface area contributed by atoms with Crippen molar-refractivity contribution < 1.29 is 24.5 Å². The highest BCUT2D eigenvalue weighted by Gasteiger charge is 2.20. The number of aliphatic hydroxyl groups is 1. The number of aliphatic hydroxyl groups excluding tert-OH is 1. The van der Waals surface area contributed by atoms with Crippen LogP contribution in [0.5, 0.6) is 11.5 Å². The van der Waals surface area contributed by atoms with E-state index in [9.17, 15) is 9.90 Å². The van der Waals surface area contributed by atoms with Crippen LogP contribution in [0, 0.1) is 5.92 Å². The monoisotopic (exact) mass is 311 g/mol. The van der Waals surface area contributed by atoms with Gasteiger partial charge in [0.25, 0.3) is 0 Å². The molecule has 0 bridgehead atoms. The van der Waals surface area contributed by atoms with Crippen LogP contribution in [0.25, 0.3) is 0 Å². The van der Waals surface area contributed by atoms with Gasteiger partial charge in [0.2, 0.25) is 0 Å². The first-order valence-corrected chi connectivity index (χ1v) is 7.45. The minimum absolute atomic E-state index is 0.00368. The lowest BCUT2D eigenvalue weighted by Gasteiger charge is -2.18. The average Bonchev–Trinajstić information content (AvgIpc) is 2.46. The number of nitrogens with one attached hydrogen (secondary N) is 1. The number of hydrogen-bond donors (Lipinski definition) is 3. The standard InChI is InChI=1S/C16H25NO5/c1-4-21-14-9-12(5-6-13(14)22-8-7-18)10-17-15(11(2)3)16(19)20/h5-6,9,11,15,17-18H,4,7-8,10H2,1-3H3,(H,19,20). The highest BCUT2D eigenvalue weighted by molar-refractivity contribution is 5.73. The minimum Gasteiger partial charge on any atom is -0.490 e. The van der Waals surface area contributed by atoms with Gasteiger partial charge in [-0.3, -0.25) is 4.79 Å². The largest absolute Gasteiger partial charge is 0.490 e. The Morgan fingerprint density at radius 3 is 2.55 bits per heavy atom.